The van der Waals surface area contributed by atoms with Crippen molar-refractivity contribution in [2.45, 2.75) is 21.8 Å². The number of halogens is 2. The first kappa shape index (κ1) is 22.0. The Labute approximate surface area is 199 Å². The van der Waals surface area contributed by atoms with Crippen molar-refractivity contribution in [2.75, 3.05) is 0 Å². The fourth-order valence-corrected chi connectivity index (χ4v) is 5.11. The van der Waals surface area contributed by atoms with Crippen molar-refractivity contribution in [1.29, 1.82) is 0 Å². The van der Waals surface area contributed by atoms with Gasteiger partial charge in [-0.1, -0.05) is 113 Å². The number of nitrogens with zero attached hydrogens (tertiary/aromatic N) is 4. The number of aromatic nitrogens is 3. The van der Waals surface area contributed by atoms with E-state index in [1.807, 2.05) is 85.1 Å². The second-order valence-electron chi connectivity index (χ2n) is 6.49. The van der Waals surface area contributed by atoms with Gasteiger partial charge in [0, 0.05) is 21.6 Å². The number of thioether (sulfide) groups is 2. The quantitative estimate of drug-likeness (QED) is 0.198. The van der Waals surface area contributed by atoms with Crippen LogP contribution in [0.4, 0.5) is 0 Å². The van der Waals surface area contributed by atoms with Crippen LogP contribution >= 0.6 is 46.7 Å². The van der Waals surface area contributed by atoms with Crippen molar-refractivity contribution in [3.05, 3.63) is 106 Å². The molecule has 4 nitrogen and oxygen atoms in total. The Morgan fingerprint density at radius 3 is 1.71 bits per heavy atom. The van der Waals surface area contributed by atoms with E-state index in [0.717, 1.165) is 26.7 Å². The molecular weight excluding hydrogens is 467 g/mol. The lowest BCUT2D eigenvalue weighted by Gasteiger charge is -2.06. The van der Waals surface area contributed by atoms with Crippen LogP contribution in [-0.4, -0.2) is 21.1 Å². The van der Waals surface area contributed by atoms with Crippen LogP contribution in [0, 0.1) is 0 Å². The predicted octanol–water partition coefficient (Wildman–Crippen LogP) is 7.05. The fraction of sp³-hybridized carbons (Fsp3) is 0.0870. The van der Waals surface area contributed by atoms with Crippen LogP contribution in [0.25, 0.3) is 0 Å². The Bertz CT molecular complexity index is 1110. The molecule has 0 N–H and O–H groups in total. The molecule has 0 saturated heterocycles. The van der Waals surface area contributed by atoms with Gasteiger partial charge in [-0.15, -0.1) is 10.2 Å². The summed E-state index contributed by atoms with van der Waals surface area (Å²) in [4.78, 5) is 0. The lowest BCUT2D eigenvalue weighted by molar-refractivity contribution is 0.701. The molecule has 0 amide bonds. The average Bonchev–Trinajstić information content (AvgIpc) is 3.19. The first-order chi connectivity index (χ1) is 15.2. The third-order valence-corrected chi connectivity index (χ3v) is 7.01. The molecular formula is C23H18Cl2N4S2. The molecule has 0 atom stereocenters. The normalized spacial score (nSPS) is 11.3. The minimum absolute atomic E-state index is 0.674. The second-order valence-corrected chi connectivity index (χ2v) is 9.19. The van der Waals surface area contributed by atoms with Gasteiger partial charge in [0.1, 0.15) is 0 Å². The summed E-state index contributed by atoms with van der Waals surface area (Å²) in [6.07, 6.45) is 1.81. The molecule has 3 aromatic carbocycles. The summed E-state index contributed by atoms with van der Waals surface area (Å²) in [6.45, 7) is 0. The minimum Gasteiger partial charge on any atom is -0.181 e. The largest absolute Gasteiger partial charge is 0.213 e. The van der Waals surface area contributed by atoms with E-state index in [1.165, 1.54) is 0 Å². The predicted molar refractivity (Wildman–Crippen MR) is 131 cm³/mol. The van der Waals surface area contributed by atoms with Crippen LogP contribution < -0.4 is 0 Å². The highest BCUT2D eigenvalue weighted by atomic mass is 35.5. The lowest BCUT2D eigenvalue weighted by atomic mass is 10.2. The monoisotopic (exact) mass is 484 g/mol. The van der Waals surface area contributed by atoms with Gasteiger partial charge in [-0.25, -0.2) is 0 Å². The highest BCUT2D eigenvalue weighted by Crippen LogP contribution is 2.30. The summed E-state index contributed by atoms with van der Waals surface area (Å²) in [5.41, 5.74) is 3.09. The van der Waals surface area contributed by atoms with Crippen LogP contribution in [0.15, 0.2) is 94.3 Å². The fourth-order valence-electron chi connectivity index (χ4n) is 2.71. The maximum Gasteiger partial charge on any atom is 0.213 e. The highest BCUT2D eigenvalue weighted by Gasteiger charge is 2.14. The molecule has 4 aromatic rings. The van der Waals surface area contributed by atoms with Crippen molar-refractivity contribution < 1.29 is 0 Å². The van der Waals surface area contributed by atoms with E-state index in [9.17, 15) is 0 Å². The van der Waals surface area contributed by atoms with Crippen LogP contribution in [0.2, 0.25) is 10.0 Å². The van der Waals surface area contributed by atoms with Crippen LogP contribution in [-0.2, 0) is 11.5 Å². The molecule has 0 radical (unpaired) electrons. The van der Waals surface area contributed by atoms with Gasteiger partial charge < -0.3 is 0 Å². The van der Waals surface area contributed by atoms with Gasteiger partial charge in [0.2, 0.25) is 10.3 Å². The topological polar surface area (TPSA) is 43.1 Å². The average molecular weight is 485 g/mol. The van der Waals surface area contributed by atoms with Crippen molar-refractivity contribution in [3.8, 4) is 0 Å². The van der Waals surface area contributed by atoms with Gasteiger partial charge in [-0.3, -0.25) is 0 Å². The summed E-state index contributed by atoms with van der Waals surface area (Å²) in [5, 5.41) is 16.3. The summed E-state index contributed by atoms with van der Waals surface area (Å²) in [7, 11) is 0. The Kier molecular flexibility index (Phi) is 7.70. The third kappa shape index (κ3) is 5.92. The van der Waals surface area contributed by atoms with E-state index in [4.69, 9.17) is 23.2 Å². The van der Waals surface area contributed by atoms with Crippen LogP contribution in [0.3, 0.4) is 0 Å². The van der Waals surface area contributed by atoms with Gasteiger partial charge in [-0.05, 0) is 28.8 Å². The molecule has 1 heterocycles. The van der Waals surface area contributed by atoms with Gasteiger partial charge >= 0.3 is 0 Å². The first-order valence-electron chi connectivity index (χ1n) is 9.48. The molecule has 0 fully saturated rings. The van der Waals surface area contributed by atoms with E-state index >= 15 is 0 Å². The van der Waals surface area contributed by atoms with Crippen LogP contribution in [0.1, 0.15) is 16.7 Å². The summed E-state index contributed by atoms with van der Waals surface area (Å²) in [5.74, 6) is 1.35. The van der Waals surface area contributed by atoms with E-state index in [1.54, 1.807) is 28.2 Å². The van der Waals surface area contributed by atoms with Gasteiger partial charge in [-0.2, -0.15) is 9.78 Å². The molecule has 0 aliphatic carbocycles. The summed E-state index contributed by atoms with van der Waals surface area (Å²) < 4.78 is 1.77. The van der Waals surface area contributed by atoms with Crippen molar-refractivity contribution >= 4 is 52.9 Å². The Morgan fingerprint density at radius 2 is 1.19 bits per heavy atom. The SMILES string of the molecule is Clc1ccccc1CSc1nnc(SCc2ccccc2Cl)n1/N=C/c1ccccc1. The molecule has 31 heavy (non-hydrogen) atoms. The maximum atomic E-state index is 6.31. The zero-order valence-electron chi connectivity index (χ0n) is 16.4. The maximum absolute atomic E-state index is 6.31. The lowest BCUT2D eigenvalue weighted by Crippen LogP contribution is -1.97. The van der Waals surface area contributed by atoms with Gasteiger partial charge in [0.05, 0.1) is 6.21 Å². The molecule has 156 valence electrons. The molecule has 8 heteroatoms. The standard InChI is InChI=1S/C23H18Cl2N4S2/c24-20-12-6-4-10-18(20)15-30-22-27-28-23(31-16-19-11-5-7-13-21(19)25)29(22)26-14-17-8-2-1-3-9-17/h1-14H,15-16H2/b26-14+. The van der Waals surface area contributed by atoms with E-state index < -0.39 is 0 Å². The molecule has 0 bridgehead atoms. The zero-order valence-corrected chi connectivity index (χ0v) is 19.5. The highest BCUT2D eigenvalue weighted by molar-refractivity contribution is 7.99. The Hall–Kier alpha value is -2.25. The van der Waals surface area contributed by atoms with Crippen molar-refractivity contribution in [1.82, 2.24) is 14.9 Å². The van der Waals surface area contributed by atoms with E-state index in [2.05, 4.69) is 15.3 Å². The zero-order chi connectivity index (χ0) is 21.5. The molecule has 0 spiro atoms. The minimum atomic E-state index is 0.674. The van der Waals surface area contributed by atoms with Gasteiger partial charge in [0.25, 0.3) is 0 Å². The number of hydrogen-bond donors (Lipinski definition) is 0. The van der Waals surface area contributed by atoms with Crippen molar-refractivity contribution in [3.63, 3.8) is 0 Å². The smallest absolute Gasteiger partial charge is 0.181 e. The Morgan fingerprint density at radius 1 is 0.710 bits per heavy atom. The number of rotatable bonds is 8. The summed E-state index contributed by atoms with van der Waals surface area (Å²) >= 11 is 15.7. The summed E-state index contributed by atoms with van der Waals surface area (Å²) in [6, 6.07) is 25.5. The van der Waals surface area contributed by atoms with E-state index in [-0.39, 0.29) is 0 Å². The molecule has 0 aliphatic heterocycles. The third-order valence-electron chi connectivity index (χ3n) is 4.33. The molecule has 0 unspecified atom stereocenters. The van der Waals surface area contributed by atoms with Crippen LogP contribution in [0.5, 0.6) is 0 Å². The first-order valence-corrected chi connectivity index (χ1v) is 12.2. The molecule has 4 rings (SSSR count). The van der Waals surface area contributed by atoms with E-state index in [0.29, 0.717) is 21.8 Å². The van der Waals surface area contributed by atoms with Crippen molar-refractivity contribution in [2.24, 2.45) is 5.10 Å². The molecule has 0 saturated carbocycles. The Balaban J connectivity index is 1.57. The number of hydrogen-bond acceptors (Lipinski definition) is 5. The van der Waals surface area contributed by atoms with Gasteiger partial charge in [0.15, 0.2) is 0 Å². The molecule has 1 aromatic heterocycles. The number of benzene rings is 3. The second kappa shape index (κ2) is 10.9. The molecule has 0 aliphatic rings.